The van der Waals surface area contributed by atoms with Gasteiger partial charge in [-0.15, -0.1) is 0 Å². The van der Waals surface area contributed by atoms with Gasteiger partial charge in [0.25, 0.3) is 0 Å². The maximum atomic E-state index is 13.8. The lowest BCUT2D eigenvalue weighted by atomic mass is 9.83. The molecule has 0 radical (unpaired) electrons. The smallest absolute Gasteiger partial charge is 0.248 e. The Labute approximate surface area is 162 Å². The molecule has 7 nitrogen and oxygen atoms in total. The Morgan fingerprint density at radius 2 is 2.11 bits per heavy atom. The molecule has 2 atom stereocenters. The second kappa shape index (κ2) is 7.85. The van der Waals surface area contributed by atoms with Crippen LogP contribution < -0.4 is 9.46 Å². The molecule has 1 aliphatic carbocycles. The van der Waals surface area contributed by atoms with Gasteiger partial charge < -0.3 is 4.74 Å². The molecule has 1 fully saturated rings. The SMILES string of the molecule is CS(=O)(=O)N[C@H]1CCC(F)(F)C[C@@H]1COc1ccc(-n2cc(C#N)cn2)cc1. The molecule has 28 heavy (non-hydrogen) atoms. The van der Waals surface area contributed by atoms with Crippen LogP contribution >= 0.6 is 0 Å². The van der Waals surface area contributed by atoms with Crippen molar-refractivity contribution in [3.05, 3.63) is 42.2 Å². The van der Waals surface area contributed by atoms with Gasteiger partial charge in [-0.2, -0.15) is 10.4 Å². The summed E-state index contributed by atoms with van der Waals surface area (Å²) in [5, 5.41) is 12.9. The topological polar surface area (TPSA) is 97.0 Å². The Morgan fingerprint density at radius 3 is 2.71 bits per heavy atom. The van der Waals surface area contributed by atoms with Crippen LogP contribution in [0.5, 0.6) is 5.75 Å². The predicted molar refractivity (Wildman–Crippen MR) is 97.8 cm³/mol. The summed E-state index contributed by atoms with van der Waals surface area (Å²) in [5.41, 5.74) is 1.15. The molecule has 2 aromatic rings. The highest BCUT2D eigenvalue weighted by atomic mass is 32.2. The zero-order valence-electron chi connectivity index (χ0n) is 15.2. The molecular weight excluding hydrogens is 390 g/mol. The monoisotopic (exact) mass is 410 g/mol. The first-order chi connectivity index (χ1) is 13.1. The minimum atomic E-state index is -3.50. The number of alkyl halides is 2. The fraction of sp³-hybridized carbons (Fsp3) is 0.444. The first-order valence-corrected chi connectivity index (χ1v) is 10.6. The third kappa shape index (κ3) is 5.27. The molecule has 1 aliphatic rings. The van der Waals surface area contributed by atoms with E-state index in [0.29, 0.717) is 11.3 Å². The van der Waals surface area contributed by atoms with Gasteiger partial charge >= 0.3 is 0 Å². The third-order valence-electron chi connectivity index (χ3n) is 4.59. The largest absolute Gasteiger partial charge is 0.493 e. The van der Waals surface area contributed by atoms with Gasteiger partial charge in [0.2, 0.25) is 15.9 Å². The van der Waals surface area contributed by atoms with Crippen LogP contribution in [0.2, 0.25) is 0 Å². The fourth-order valence-electron chi connectivity index (χ4n) is 3.26. The van der Waals surface area contributed by atoms with Gasteiger partial charge in [-0.05, 0) is 30.7 Å². The van der Waals surface area contributed by atoms with E-state index in [9.17, 15) is 17.2 Å². The highest BCUT2D eigenvalue weighted by molar-refractivity contribution is 7.88. The van der Waals surface area contributed by atoms with E-state index in [1.165, 1.54) is 10.9 Å². The van der Waals surface area contributed by atoms with Crippen molar-refractivity contribution in [1.82, 2.24) is 14.5 Å². The number of hydrogen-bond acceptors (Lipinski definition) is 5. The summed E-state index contributed by atoms with van der Waals surface area (Å²) < 4.78 is 60.2. The molecule has 1 aromatic heterocycles. The second-order valence-corrected chi connectivity index (χ2v) is 8.73. The number of benzene rings is 1. The average Bonchev–Trinajstić information content (AvgIpc) is 3.10. The highest BCUT2D eigenvalue weighted by Crippen LogP contribution is 2.37. The molecule has 150 valence electrons. The van der Waals surface area contributed by atoms with Gasteiger partial charge in [0.15, 0.2) is 0 Å². The van der Waals surface area contributed by atoms with Gasteiger partial charge in [-0.25, -0.2) is 26.6 Å². The number of rotatable bonds is 6. The molecule has 0 spiro atoms. The molecule has 0 saturated heterocycles. The molecule has 3 rings (SSSR count). The average molecular weight is 410 g/mol. The number of nitrogens with zero attached hydrogens (tertiary/aromatic N) is 3. The van der Waals surface area contributed by atoms with Gasteiger partial charge in [0.1, 0.15) is 11.8 Å². The maximum absolute atomic E-state index is 13.8. The standard InChI is InChI=1S/C18H20F2N4O3S/c1-28(25,26)23-17-6-7-18(19,20)8-14(17)12-27-16-4-2-15(3-5-16)24-11-13(9-21)10-22-24/h2-5,10-11,14,17,23H,6-8,12H2,1H3/t14-,17+/m1/s1. The van der Waals surface area contributed by atoms with Crippen LogP contribution in [0.4, 0.5) is 8.78 Å². The Hall–Kier alpha value is -2.51. The third-order valence-corrected chi connectivity index (χ3v) is 5.32. The summed E-state index contributed by atoms with van der Waals surface area (Å²) in [6, 6.07) is 8.21. The Kier molecular flexibility index (Phi) is 5.67. The molecular formula is C18H20F2N4O3S. The van der Waals surface area contributed by atoms with Crippen molar-refractivity contribution in [1.29, 1.82) is 5.26 Å². The minimum Gasteiger partial charge on any atom is -0.493 e. The van der Waals surface area contributed by atoms with Gasteiger partial charge in [-0.3, -0.25) is 0 Å². The van der Waals surface area contributed by atoms with Crippen LogP contribution in [0.3, 0.4) is 0 Å². The van der Waals surface area contributed by atoms with E-state index in [1.807, 2.05) is 6.07 Å². The van der Waals surface area contributed by atoms with Crippen LogP contribution in [0.1, 0.15) is 24.8 Å². The highest BCUT2D eigenvalue weighted by Gasteiger charge is 2.42. The lowest BCUT2D eigenvalue weighted by Crippen LogP contribution is -2.48. The predicted octanol–water partition coefficient (Wildman–Crippen LogP) is 2.48. The number of nitriles is 1. The van der Waals surface area contributed by atoms with Gasteiger partial charge in [-0.1, -0.05) is 0 Å². The lowest BCUT2D eigenvalue weighted by molar-refractivity contribution is -0.0660. The van der Waals surface area contributed by atoms with Crippen molar-refractivity contribution in [3.63, 3.8) is 0 Å². The van der Waals surface area contributed by atoms with E-state index in [1.54, 1.807) is 30.5 Å². The van der Waals surface area contributed by atoms with Crippen LogP contribution in [0, 0.1) is 17.2 Å². The van der Waals surface area contributed by atoms with E-state index in [4.69, 9.17) is 10.00 Å². The van der Waals surface area contributed by atoms with E-state index >= 15 is 0 Å². The summed E-state index contributed by atoms with van der Waals surface area (Å²) in [6.07, 6.45) is 3.34. The molecule has 1 heterocycles. The van der Waals surface area contributed by atoms with Crippen molar-refractivity contribution in [3.8, 4) is 17.5 Å². The Bertz CT molecular complexity index is 967. The first kappa shape index (κ1) is 20.2. The summed E-state index contributed by atoms with van der Waals surface area (Å²) in [4.78, 5) is 0. The van der Waals surface area contributed by atoms with Crippen LogP contribution in [-0.4, -0.2) is 43.0 Å². The summed E-state index contributed by atoms with van der Waals surface area (Å²) >= 11 is 0. The van der Waals surface area contributed by atoms with Crippen LogP contribution in [-0.2, 0) is 10.0 Å². The van der Waals surface area contributed by atoms with Crippen LogP contribution in [0.25, 0.3) is 5.69 Å². The van der Waals surface area contributed by atoms with Crippen molar-refractivity contribution in [2.75, 3.05) is 12.9 Å². The molecule has 1 aromatic carbocycles. The number of hydrogen-bond donors (Lipinski definition) is 1. The van der Waals surface area contributed by atoms with Crippen LogP contribution in [0.15, 0.2) is 36.7 Å². The molecule has 0 unspecified atom stereocenters. The summed E-state index contributed by atoms with van der Waals surface area (Å²) in [7, 11) is -3.50. The Morgan fingerprint density at radius 1 is 1.39 bits per heavy atom. The first-order valence-electron chi connectivity index (χ1n) is 8.68. The molecule has 0 aliphatic heterocycles. The Balaban J connectivity index is 1.66. The maximum Gasteiger partial charge on any atom is 0.248 e. The van der Waals surface area contributed by atoms with E-state index < -0.39 is 34.3 Å². The lowest BCUT2D eigenvalue weighted by Gasteiger charge is -2.35. The van der Waals surface area contributed by atoms with Crippen molar-refractivity contribution < 1.29 is 21.9 Å². The number of nitrogens with one attached hydrogen (secondary N) is 1. The summed E-state index contributed by atoms with van der Waals surface area (Å²) in [6.45, 7) is -0.0253. The van der Waals surface area contributed by atoms with E-state index in [0.717, 1.165) is 11.9 Å². The molecule has 0 bridgehead atoms. The number of ether oxygens (including phenoxy) is 1. The number of halogens is 2. The number of sulfonamides is 1. The fourth-order valence-corrected chi connectivity index (χ4v) is 4.12. The molecule has 1 saturated carbocycles. The zero-order chi connectivity index (χ0) is 20.4. The zero-order valence-corrected chi connectivity index (χ0v) is 16.0. The normalized spacial score (nSPS) is 21.8. The van der Waals surface area contributed by atoms with Crippen molar-refractivity contribution in [2.45, 2.75) is 31.2 Å². The van der Waals surface area contributed by atoms with E-state index in [2.05, 4.69) is 9.82 Å². The number of aromatic nitrogens is 2. The molecule has 1 N–H and O–H groups in total. The van der Waals surface area contributed by atoms with Crippen molar-refractivity contribution in [2.24, 2.45) is 5.92 Å². The second-order valence-electron chi connectivity index (χ2n) is 6.95. The van der Waals surface area contributed by atoms with Crippen molar-refractivity contribution >= 4 is 10.0 Å². The quantitative estimate of drug-likeness (QED) is 0.789. The van der Waals surface area contributed by atoms with E-state index in [-0.39, 0.29) is 19.4 Å². The summed E-state index contributed by atoms with van der Waals surface area (Å²) in [5.74, 6) is -2.99. The van der Waals surface area contributed by atoms with Gasteiger partial charge in [0.05, 0.1) is 30.3 Å². The van der Waals surface area contributed by atoms with Gasteiger partial charge in [0, 0.05) is 31.0 Å². The molecule has 10 heteroatoms. The minimum absolute atomic E-state index is 0.0253. The molecule has 0 amide bonds.